The van der Waals surface area contributed by atoms with Gasteiger partial charge in [-0.3, -0.25) is 67.1 Å². The quantitative estimate of drug-likeness (QED) is 0.0481. The number of carbonyl (C=O) groups is 14. The molecule has 0 saturated carbocycles. The van der Waals surface area contributed by atoms with Crippen molar-refractivity contribution >= 4 is 104 Å². The second kappa shape index (κ2) is 85.6. The molecule has 4 fully saturated rings. The average molecular weight is 1770 g/mol. The molecule has 14 atom stereocenters. The van der Waals surface area contributed by atoms with Crippen LogP contribution in [-0.4, -0.2) is 258 Å². The SMILES string of the molecule is CC(=O)[C@@H](N)CC(C)C.CC(=O)[C@@H](N)CO.CC(=O)[C@@H](N)Cc1ccccc1.CC(=O)[C@@H]1CCCCN1.CC(=O)[C@@H]1CCCN1.CC(=O)[C@H](N)CC(C)C.CC(=O)[C@H](N)CO.CC(=O)[C@H](N)Cc1ccccc1.CC(=O)[C@H](N)[C@@H](C)O.CC(=O)[C@H]1CCCCN1.CC(=O)[C@H]1CCCN1.CNCC(C)=O.CSCC[C@@H](N)C(C)=O.CSCC[C@H](N)C(C)=O. The summed E-state index contributed by atoms with van der Waals surface area (Å²) in [6.07, 6.45) is 19.1. The van der Waals surface area contributed by atoms with Gasteiger partial charge in [-0.05, 0) is 274 Å². The highest BCUT2D eigenvalue weighted by molar-refractivity contribution is 7.98. The molecule has 0 unspecified atom stereocenters. The fourth-order valence-corrected chi connectivity index (χ4v) is 10.6. The van der Waals surface area contributed by atoms with Crippen molar-refractivity contribution in [2.45, 2.75) is 319 Å². The van der Waals surface area contributed by atoms with E-state index < -0.39 is 24.2 Å². The predicted molar refractivity (Wildman–Crippen MR) is 500 cm³/mol. The summed E-state index contributed by atoms with van der Waals surface area (Å²) in [6, 6.07) is 16.5. The fraction of sp³-hybridized carbons (Fsp3) is 0.708. The summed E-state index contributed by atoms with van der Waals surface area (Å²) < 4.78 is 0. The lowest BCUT2D eigenvalue weighted by Crippen LogP contribution is -2.38. The molecule has 6 rings (SSSR count). The smallest absolute Gasteiger partial charge is 0.149 e. The van der Waals surface area contributed by atoms with Crippen LogP contribution in [0.25, 0.3) is 0 Å². The predicted octanol–water partition coefficient (Wildman–Crippen LogP) is 4.46. The van der Waals surface area contributed by atoms with Gasteiger partial charge in [0.1, 0.15) is 81.0 Å². The Hall–Kier alpha value is -6.16. The van der Waals surface area contributed by atoms with Gasteiger partial charge in [0.05, 0.1) is 104 Å². The molecule has 31 nitrogen and oxygen atoms in total. The van der Waals surface area contributed by atoms with E-state index in [1.165, 1.54) is 94.9 Å². The molecule has 4 heterocycles. The van der Waals surface area contributed by atoms with Crippen molar-refractivity contribution in [2.24, 2.45) is 63.4 Å². The highest BCUT2D eigenvalue weighted by Gasteiger charge is 2.21. The van der Waals surface area contributed by atoms with E-state index in [0.29, 0.717) is 31.2 Å². The van der Waals surface area contributed by atoms with Crippen molar-refractivity contribution in [2.75, 3.05) is 77.0 Å². The molecule has 33 heteroatoms. The zero-order valence-corrected chi connectivity index (χ0v) is 79.9. The van der Waals surface area contributed by atoms with E-state index >= 15 is 0 Å². The van der Waals surface area contributed by atoms with Gasteiger partial charge >= 0.3 is 0 Å². The molecule has 4 aliphatic rings. The Morgan fingerprint density at radius 3 is 0.738 bits per heavy atom. The van der Waals surface area contributed by atoms with E-state index in [1.807, 2.05) is 73.2 Å². The van der Waals surface area contributed by atoms with Gasteiger partial charge in [-0.15, -0.1) is 0 Å². The minimum Gasteiger partial charge on any atom is -0.394 e. The Bertz CT molecular complexity index is 2890. The number of rotatable bonds is 32. The number of ketones is 14. The summed E-state index contributed by atoms with van der Waals surface area (Å²) in [5.41, 5.74) is 50.4. The molecule has 0 amide bonds. The Morgan fingerprint density at radius 1 is 0.369 bits per heavy atom. The number of hydrogen-bond acceptors (Lipinski definition) is 33. The lowest BCUT2D eigenvalue weighted by atomic mass is 10.0. The van der Waals surface area contributed by atoms with E-state index in [0.717, 1.165) is 113 Å². The fourth-order valence-electron chi connectivity index (χ4n) is 9.57. The van der Waals surface area contributed by atoms with Crippen LogP contribution in [0, 0.1) is 11.8 Å². The molecule has 0 radical (unpaired) electrons. The second-order valence-electron chi connectivity index (χ2n) is 31.2. The largest absolute Gasteiger partial charge is 0.394 e. The molecule has 0 spiro atoms. The van der Waals surface area contributed by atoms with E-state index in [-0.39, 0.29) is 155 Å². The summed E-state index contributed by atoms with van der Waals surface area (Å²) in [6.45, 7) is 35.2. The third-order valence-corrected chi connectivity index (χ3v) is 19.3. The Labute approximate surface area is 740 Å². The van der Waals surface area contributed by atoms with Crippen molar-refractivity contribution in [3.05, 3.63) is 71.8 Å². The van der Waals surface area contributed by atoms with Gasteiger partial charge in [-0.2, -0.15) is 23.5 Å². The molecule has 0 aromatic heterocycles. The molecular weight excluding hydrogens is 1600 g/mol. The summed E-state index contributed by atoms with van der Waals surface area (Å²) in [5, 5.41) is 40.2. The second-order valence-corrected chi connectivity index (χ2v) is 33.1. The van der Waals surface area contributed by atoms with E-state index in [9.17, 15) is 67.1 Å². The van der Waals surface area contributed by atoms with Crippen LogP contribution >= 0.6 is 23.5 Å². The number of likely N-dealkylation sites (N-methyl/N-ethyl adjacent to an activating group) is 1. The number of nitrogens with two attached hydrogens (primary N) is 9. The summed E-state index contributed by atoms with van der Waals surface area (Å²) in [5.74, 6) is 4.18. The number of thioether (sulfide) groups is 2. The van der Waals surface area contributed by atoms with Crippen LogP contribution < -0.4 is 78.2 Å². The van der Waals surface area contributed by atoms with Crippen LogP contribution in [0.2, 0.25) is 0 Å². The average Bonchev–Trinajstić information content (AvgIpc) is 1.44. The number of aliphatic hydroxyl groups is 3. The maximum absolute atomic E-state index is 10.8. The summed E-state index contributed by atoms with van der Waals surface area (Å²) in [4.78, 5) is 147. The van der Waals surface area contributed by atoms with Gasteiger partial charge in [0.15, 0.2) is 0 Å². The maximum Gasteiger partial charge on any atom is 0.149 e. The highest BCUT2D eigenvalue weighted by atomic mass is 32.2. The molecule has 0 bridgehead atoms. The van der Waals surface area contributed by atoms with E-state index in [2.05, 4.69) is 54.3 Å². The van der Waals surface area contributed by atoms with Crippen LogP contribution in [0.5, 0.6) is 0 Å². The molecule has 4 aliphatic heterocycles. The number of hydrogen-bond donors (Lipinski definition) is 17. The summed E-state index contributed by atoms with van der Waals surface area (Å²) >= 11 is 3.43. The topological polar surface area (TPSA) is 594 Å². The van der Waals surface area contributed by atoms with Crippen molar-refractivity contribution in [3.63, 3.8) is 0 Å². The maximum atomic E-state index is 10.8. The zero-order valence-electron chi connectivity index (χ0n) is 78.3. The Kier molecular flexibility index (Phi) is 92.2. The molecule has 0 aliphatic carbocycles. The van der Waals surface area contributed by atoms with Gasteiger partial charge in [0, 0.05) is 0 Å². The van der Waals surface area contributed by atoms with Crippen LogP contribution in [0.1, 0.15) is 233 Å². The molecule has 122 heavy (non-hydrogen) atoms. The van der Waals surface area contributed by atoms with Gasteiger partial charge in [-0.25, -0.2) is 0 Å². The number of benzene rings is 2. The van der Waals surface area contributed by atoms with Gasteiger partial charge in [0.25, 0.3) is 0 Å². The molecular formula is C89H168N14O17S2. The molecule has 26 N–H and O–H groups in total. The van der Waals surface area contributed by atoms with E-state index in [1.54, 1.807) is 65.2 Å². The number of piperidine rings is 2. The molecule has 2 aromatic rings. The van der Waals surface area contributed by atoms with Crippen molar-refractivity contribution in [1.82, 2.24) is 26.6 Å². The highest BCUT2D eigenvalue weighted by Crippen LogP contribution is 2.11. The number of Topliss-reactive ketones (excluding diaryl/α,β-unsaturated/α-hetero) is 14. The molecule has 4 saturated heterocycles. The lowest BCUT2D eigenvalue weighted by Gasteiger charge is -2.20. The first-order chi connectivity index (χ1) is 56.7. The normalized spacial score (nSPS) is 17.4. The number of carbonyl (C=O) groups excluding carboxylic acids is 14. The number of nitrogens with one attached hydrogen (secondary N) is 5. The van der Waals surface area contributed by atoms with Crippen LogP contribution in [0.15, 0.2) is 60.7 Å². The standard InChI is InChI=1S/2C10H13NO.2C7H13NO.2C7H15NO.2C6H13NOS.2C6H11NO.C5H11NO2.2C4H9NO2.C4H9NO/c2*1-8(12)10(11)7-9-5-3-2-4-6-9;2*1-6(9)7-4-2-3-5-8-7;2*1-5(2)4-7(8)6(3)9;2*1-5(8)6(7)3-4-9-2;2*1-5(8)6-3-2-4-7-6;1-3(7)5(6)4(2)8;2*1-3(7)4(5)2-6;1-4(6)3-5-2/h2*2-6,10H,7,11H2,1H3;2*7-8H,2-5H2,1H3;2*5,7H,4,8H2,1-3H3;2*6H,3-4,7H2,1-2H3;2*6-7H,2-4H2,1H3;3,5,7H,6H2,1-2H3;2*4,6H,2,5H2,1H3;5H,3H2,1-2H3/t2*10-;4*7-;4*6-;3-,5-;2*4-;/m1010101010110./s1. The van der Waals surface area contributed by atoms with Crippen LogP contribution in [-0.2, 0) is 80.0 Å². The third kappa shape index (κ3) is 90.1. The number of aliphatic hydroxyl groups excluding tert-OH is 3. The first-order valence-corrected chi connectivity index (χ1v) is 44.9. The van der Waals surface area contributed by atoms with Crippen LogP contribution in [0.3, 0.4) is 0 Å². The van der Waals surface area contributed by atoms with E-state index in [4.69, 9.17) is 66.9 Å². The zero-order chi connectivity index (χ0) is 96.2. The molecule has 708 valence electrons. The summed E-state index contributed by atoms with van der Waals surface area (Å²) in [7, 11) is 1.75. The van der Waals surface area contributed by atoms with Gasteiger partial charge in [-0.1, -0.05) is 101 Å². The third-order valence-electron chi connectivity index (χ3n) is 18.0. The monoisotopic (exact) mass is 1770 g/mol. The minimum absolute atomic E-state index is 0.0406. The first-order valence-electron chi connectivity index (χ1n) is 42.1. The lowest BCUT2D eigenvalue weighted by molar-refractivity contribution is -0.121. The Morgan fingerprint density at radius 2 is 0.615 bits per heavy atom. The van der Waals surface area contributed by atoms with Gasteiger partial charge < -0.3 is 93.5 Å². The van der Waals surface area contributed by atoms with Gasteiger partial charge in [0.2, 0.25) is 0 Å². The minimum atomic E-state index is -0.729. The van der Waals surface area contributed by atoms with Crippen molar-refractivity contribution in [1.29, 1.82) is 0 Å². The Balaban J connectivity index is -0.000000192. The first kappa shape index (κ1) is 131. The van der Waals surface area contributed by atoms with Crippen molar-refractivity contribution in [3.8, 4) is 0 Å². The van der Waals surface area contributed by atoms with Crippen molar-refractivity contribution < 1.29 is 82.4 Å². The van der Waals surface area contributed by atoms with Crippen LogP contribution in [0.4, 0.5) is 0 Å². The molecule has 2 aromatic carbocycles.